The van der Waals surface area contributed by atoms with E-state index in [1.54, 1.807) is 12.1 Å². The van der Waals surface area contributed by atoms with E-state index < -0.39 is 23.9 Å². The molecule has 0 spiro atoms. The highest BCUT2D eigenvalue weighted by Crippen LogP contribution is 2.30. The second-order valence-corrected chi connectivity index (χ2v) is 6.86. The number of ketones is 1. The Bertz CT molecular complexity index is 1100. The first-order valence-electron chi connectivity index (χ1n) is 9.95. The molecule has 0 fully saturated rings. The molecule has 0 saturated heterocycles. The van der Waals surface area contributed by atoms with Gasteiger partial charge in [-0.3, -0.25) is 24.0 Å². The van der Waals surface area contributed by atoms with Crippen LogP contribution in [0.2, 0.25) is 0 Å². The van der Waals surface area contributed by atoms with E-state index in [1.165, 1.54) is 76.3 Å². The molecule has 0 bridgehead atoms. The van der Waals surface area contributed by atoms with E-state index in [0.29, 0.717) is 11.1 Å². The fourth-order valence-corrected chi connectivity index (χ4v) is 2.62. The Morgan fingerprint density at radius 3 is 1.18 bits per heavy atom. The molecular formula is C25H22O9. The topological polar surface area (TPSA) is 122 Å². The first-order chi connectivity index (χ1) is 16.0. The zero-order valence-corrected chi connectivity index (χ0v) is 18.9. The Kier molecular flexibility index (Phi) is 9.01. The van der Waals surface area contributed by atoms with Crippen molar-refractivity contribution in [3.8, 4) is 23.0 Å². The van der Waals surface area contributed by atoms with Gasteiger partial charge in [-0.2, -0.15) is 0 Å². The largest absolute Gasteiger partial charge is 0.423 e. The maximum absolute atomic E-state index is 12.3. The quantitative estimate of drug-likeness (QED) is 0.326. The Balaban J connectivity index is 2.18. The lowest BCUT2D eigenvalue weighted by Gasteiger charge is -2.09. The number of carbonyl (C=O) groups is 5. The first-order valence-corrected chi connectivity index (χ1v) is 9.95. The van der Waals surface area contributed by atoms with E-state index in [4.69, 9.17) is 18.9 Å². The zero-order chi connectivity index (χ0) is 25.3. The predicted molar refractivity (Wildman–Crippen MR) is 121 cm³/mol. The van der Waals surface area contributed by atoms with Crippen LogP contribution in [0.4, 0.5) is 0 Å². The van der Waals surface area contributed by atoms with Crippen LogP contribution in [0.3, 0.4) is 0 Å². The highest BCUT2D eigenvalue weighted by Gasteiger charge is 2.12. The molecule has 0 aliphatic rings. The SMILES string of the molecule is CC(=O)Oc1ccc(C=CC(=O)C=Cc2ccc(OC(C)=O)c(OC(C)=O)c2)cc1OC(C)=O. The summed E-state index contributed by atoms with van der Waals surface area (Å²) in [6, 6.07) is 8.95. The number of carbonyl (C=O) groups excluding carboxylic acids is 5. The van der Waals surface area contributed by atoms with E-state index in [0.717, 1.165) is 0 Å². The molecule has 176 valence electrons. The van der Waals surface area contributed by atoms with Gasteiger partial charge in [-0.1, -0.05) is 24.3 Å². The van der Waals surface area contributed by atoms with Crippen LogP contribution in [0.25, 0.3) is 12.2 Å². The minimum atomic E-state index is -0.596. The van der Waals surface area contributed by atoms with Crippen molar-refractivity contribution < 1.29 is 42.9 Å². The molecule has 34 heavy (non-hydrogen) atoms. The molecule has 2 aromatic rings. The number of ether oxygens (including phenoxy) is 4. The maximum atomic E-state index is 12.3. The molecule has 0 atom stereocenters. The highest BCUT2D eigenvalue weighted by molar-refractivity contribution is 6.04. The first kappa shape index (κ1) is 25.7. The van der Waals surface area contributed by atoms with Crippen molar-refractivity contribution in [2.45, 2.75) is 27.7 Å². The van der Waals surface area contributed by atoms with Gasteiger partial charge in [0.05, 0.1) is 0 Å². The molecule has 0 radical (unpaired) electrons. The van der Waals surface area contributed by atoms with E-state index in [9.17, 15) is 24.0 Å². The van der Waals surface area contributed by atoms with Crippen LogP contribution in [0.1, 0.15) is 38.8 Å². The monoisotopic (exact) mass is 466 g/mol. The second-order valence-electron chi connectivity index (χ2n) is 6.86. The van der Waals surface area contributed by atoms with Crippen LogP contribution < -0.4 is 18.9 Å². The van der Waals surface area contributed by atoms with Crippen LogP contribution in [0, 0.1) is 0 Å². The van der Waals surface area contributed by atoms with Gasteiger partial charge in [-0.25, -0.2) is 0 Å². The van der Waals surface area contributed by atoms with Crippen molar-refractivity contribution in [3.05, 3.63) is 59.7 Å². The summed E-state index contributed by atoms with van der Waals surface area (Å²) in [7, 11) is 0. The molecule has 0 aromatic heterocycles. The third-order valence-electron chi connectivity index (χ3n) is 3.83. The summed E-state index contributed by atoms with van der Waals surface area (Å²) in [5, 5.41) is 0. The zero-order valence-electron chi connectivity index (χ0n) is 18.9. The normalized spacial score (nSPS) is 10.7. The van der Waals surface area contributed by atoms with E-state index in [2.05, 4.69) is 0 Å². The van der Waals surface area contributed by atoms with Crippen LogP contribution in [0.5, 0.6) is 23.0 Å². The van der Waals surface area contributed by atoms with Gasteiger partial charge in [-0.05, 0) is 47.5 Å². The van der Waals surface area contributed by atoms with Gasteiger partial charge in [0.2, 0.25) is 0 Å². The van der Waals surface area contributed by atoms with Crippen LogP contribution in [0.15, 0.2) is 48.6 Å². The van der Waals surface area contributed by atoms with Gasteiger partial charge in [0, 0.05) is 27.7 Å². The van der Waals surface area contributed by atoms with Gasteiger partial charge in [0.15, 0.2) is 28.8 Å². The van der Waals surface area contributed by atoms with Crippen molar-refractivity contribution in [3.63, 3.8) is 0 Å². The predicted octanol–water partition coefficient (Wildman–Crippen LogP) is 3.68. The number of esters is 4. The van der Waals surface area contributed by atoms with Crippen molar-refractivity contribution in [1.82, 2.24) is 0 Å². The Hall–Kier alpha value is -4.53. The maximum Gasteiger partial charge on any atom is 0.308 e. The molecule has 9 heteroatoms. The van der Waals surface area contributed by atoms with Crippen LogP contribution in [-0.4, -0.2) is 29.7 Å². The van der Waals surface area contributed by atoms with Gasteiger partial charge in [0.25, 0.3) is 0 Å². The molecule has 0 saturated carbocycles. The summed E-state index contributed by atoms with van der Waals surface area (Å²) >= 11 is 0. The average Bonchev–Trinajstić information content (AvgIpc) is 2.72. The van der Waals surface area contributed by atoms with Crippen molar-refractivity contribution in [2.24, 2.45) is 0 Å². The Morgan fingerprint density at radius 1 is 0.529 bits per heavy atom. The average molecular weight is 466 g/mol. The minimum Gasteiger partial charge on any atom is -0.423 e. The fraction of sp³-hybridized carbons (Fsp3) is 0.160. The molecule has 0 amide bonds. The van der Waals surface area contributed by atoms with Gasteiger partial charge < -0.3 is 18.9 Å². The number of hydrogen-bond acceptors (Lipinski definition) is 9. The molecule has 0 N–H and O–H groups in total. The molecule has 2 rings (SSSR count). The minimum absolute atomic E-state index is 0.0405. The number of rotatable bonds is 8. The van der Waals surface area contributed by atoms with E-state index in [1.807, 2.05) is 0 Å². The highest BCUT2D eigenvalue weighted by atomic mass is 16.6. The molecule has 9 nitrogen and oxygen atoms in total. The lowest BCUT2D eigenvalue weighted by Crippen LogP contribution is -2.07. The van der Waals surface area contributed by atoms with Gasteiger partial charge in [-0.15, -0.1) is 0 Å². The lowest BCUT2D eigenvalue weighted by atomic mass is 10.1. The van der Waals surface area contributed by atoms with Crippen molar-refractivity contribution in [2.75, 3.05) is 0 Å². The molecule has 2 aromatic carbocycles. The summed E-state index contributed by atoms with van der Waals surface area (Å²) in [5.74, 6) is -2.47. The second kappa shape index (κ2) is 11.9. The summed E-state index contributed by atoms with van der Waals surface area (Å²) in [4.78, 5) is 57.3. The van der Waals surface area contributed by atoms with E-state index in [-0.39, 0.29) is 28.8 Å². The molecule has 0 aliphatic heterocycles. The molecular weight excluding hydrogens is 444 g/mol. The number of benzene rings is 2. The third-order valence-corrected chi connectivity index (χ3v) is 3.83. The standard InChI is InChI=1S/C25H22O9/c1-15(26)31-22-11-7-19(13-24(22)33-17(3)28)5-9-21(30)10-6-20-8-12-23(32-16(2)27)25(14-20)34-18(4)29/h5-14H,1-4H3. The summed E-state index contributed by atoms with van der Waals surface area (Å²) < 4.78 is 20.1. The number of hydrogen-bond donors (Lipinski definition) is 0. The molecule has 0 unspecified atom stereocenters. The van der Waals surface area contributed by atoms with Gasteiger partial charge in [0.1, 0.15) is 0 Å². The van der Waals surface area contributed by atoms with Crippen LogP contribution in [-0.2, 0) is 24.0 Å². The van der Waals surface area contributed by atoms with E-state index >= 15 is 0 Å². The van der Waals surface area contributed by atoms with Crippen molar-refractivity contribution in [1.29, 1.82) is 0 Å². The third kappa shape index (κ3) is 8.54. The molecule has 0 heterocycles. The summed E-state index contributed by atoms with van der Waals surface area (Å²) in [6.07, 6.45) is 5.56. The Morgan fingerprint density at radius 2 is 0.853 bits per heavy atom. The van der Waals surface area contributed by atoms with Crippen LogP contribution >= 0.6 is 0 Å². The summed E-state index contributed by atoms with van der Waals surface area (Å²) in [6.45, 7) is 4.85. The fourth-order valence-electron chi connectivity index (χ4n) is 2.62. The lowest BCUT2D eigenvalue weighted by molar-refractivity contribution is -0.134. The smallest absolute Gasteiger partial charge is 0.308 e. The van der Waals surface area contributed by atoms with Crippen molar-refractivity contribution >= 4 is 41.8 Å². The van der Waals surface area contributed by atoms with Gasteiger partial charge >= 0.3 is 23.9 Å². The summed E-state index contributed by atoms with van der Waals surface area (Å²) in [5.41, 5.74) is 1.05. The number of allylic oxidation sites excluding steroid dienone is 2. The Labute approximate surface area is 195 Å². The molecule has 0 aliphatic carbocycles.